The summed E-state index contributed by atoms with van der Waals surface area (Å²) in [5.41, 5.74) is 2.33. The molecule has 0 aromatic heterocycles. The highest BCUT2D eigenvalue weighted by atomic mass is 16.4. The van der Waals surface area contributed by atoms with Gasteiger partial charge in [-0.25, -0.2) is 0 Å². The van der Waals surface area contributed by atoms with E-state index >= 15 is 0 Å². The molecule has 0 fully saturated rings. The fourth-order valence-electron chi connectivity index (χ4n) is 2.42. The van der Waals surface area contributed by atoms with Crippen molar-refractivity contribution in [1.29, 1.82) is 5.26 Å². The monoisotopic (exact) mass is 244 g/mol. The molecule has 1 aliphatic heterocycles. The maximum atomic E-state index is 11.3. The number of carbonyl (C=O) groups is 1. The zero-order chi connectivity index (χ0) is 13.0. The minimum atomic E-state index is -0.776. The largest absolute Gasteiger partial charge is 0.480 e. The van der Waals surface area contributed by atoms with E-state index in [2.05, 4.69) is 6.07 Å². The van der Waals surface area contributed by atoms with Gasteiger partial charge in [0.25, 0.3) is 0 Å². The number of hydrogen-bond acceptors (Lipinski definition) is 3. The number of nitriles is 1. The third-order valence-electron chi connectivity index (χ3n) is 3.36. The molecule has 0 amide bonds. The highest BCUT2D eigenvalue weighted by molar-refractivity contribution is 5.74. The predicted molar refractivity (Wildman–Crippen MR) is 66.8 cm³/mol. The van der Waals surface area contributed by atoms with Gasteiger partial charge in [0.1, 0.15) is 6.04 Å². The van der Waals surface area contributed by atoms with Crippen LogP contribution in [0.4, 0.5) is 0 Å². The molecule has 0 unspecified atom stereocenters. The van der Waals surface area contributed by atoms with Crippen molar-refractivity contribution in [3.8, 4) is 6.07 Å². The third-order valence-corrected chi connectivity index (χ3v) is 3.36. The zero-order valence-corrected chi connectivity index (χ0v) is 10.2. The van der Waals surface area contributed by atoms with Gasteiger partial charge in [-0.3, -0.25) is 9.69 Å². The van der Waals surface area contributed by atoms with E-state index in [-0.39, 0.29) is 0 Å². The first-order valence-electron chi connectivity index (χ1n) is 6.13. The van der Waals surface area contributed by atoms with Gasteiger partial charge >= 0.3 is 5.97 Å². The molecule has 1 atom stereocenters. The molecule has 1 aromatic rings. The van der Waals surface area contributed by atoms with Crippen molar-refractivity contribution in [2.75, 3.05) is 6.54 Å². The van der Waals surface area contributed by atoms with Gasteiger partial charge in [-0.15, -0.1) is 0 Å². The molecule has 4 nitrogen and oxygen atoms in total. The Labute approximate surface area is 106 Å². The quantitative estimate of drug-likeness (QED) is 0.820. The van der Waals surface area contributed by atoms with Crippen molar-refractivity contribution in [3.63, 3.8) is 0 Å². The number of aliphatic carboxylic acids is 1. The van der Waals surface area contributed by atoms with Gasteiger partial charge in [0.2, 0.25) is 0 Å². The molecule has 18 heavy (non-hydrogen) atoms. The Hall–Kier alpha value is -1.86. The highest BCUT2D eigenvalue weighted by Gasteiger charge is 2.30. The summed E-state index contributed by atoms with van der Waals surface area (Å²) in [6.45, 7) is 1.33. The first-order chi connectivity index (χ1) is 8.72. The maximum Gasteiger partial charge on any atom is 0.321 e. The fourth-order valence-corrected chi connectivity index (χ4v) is 2.42. The normalized spacial score (nSPS) is 18.9. The Morgan fingerprint density at radius 1 is 1.44 bits per heavy atom. The van der Waals surface area contributed by atoms with Gasteiger partial charge in [0.05, 0.1) is 6.07 Å². The van der Waals surface area contributed by atoms with Crippen molar-refractivity contribution in [3.05, 3.63) is 35.4 Å². The van der Waals surface area contributed by atoms with Crippen molar-refractivity contribution in [2.45, 2.75) is 31.8 Å². The molecule has 4 heteroatoms. The molecular formula is C14H16N2O2. The molecule has 1 N–H and O–H groups in total. The topological polar surface area (TPSA) is 64.3 Å². The summed E-state index contributed by atoms with van der Waals surface area (Å²) >= 11 is 0. The van der Waals surface area contributed by atoms with Gasteiger partial charge in [0, 0.05) is 19.5 Å². The molecule has 0 radical (unpaired) electrons. The lowest BCUT2D eigenvalue weighted by Gasteiger charge is -2.34. The van der Waals surface area contributed by atoms with Crippen molar-refractivity contribution in [1.82, 2.24) is 4.90 Å². The van der Waals surface area contributed by atoms with Crippen LogP contribution in [0.3, 0.4) is 0 Å². The third kappa shape index (κ3) is 2.69. The molecule has 2 rings (SSSR count). The summed E-state index contributed by atoms with van der Waals surface area (Å²) in [7, 11) is 0. The van der Waals surface area contributed by atoms with Crippen LogP contribution in [0.25, 0.3) is 0 Å². The van der Waals surface area contributed by atoms with Crippen LogP contribution in [0.15, 0.2) is 24.3 Å². The molecule has 1 aromatic carbocycles. The van der Waals surface area contributed by atoms with E-state index < -0.39 is 12.0 Å². The van der Waals surface area contributed by atoms with Gasteiger partial charge in [-0.2, -0.15) is 5.26 Å². The van der Waals surface area contributed by atoms with Crippen LogP contribution in [0.5, 0.6) is 0 Å². The van der Waals surface area contributed by atoms with Crippen LogP contribution in [-0.4, -0.2) is 28.6 Å². The van der Waals surface area contributed by atoms with Crippen LogP contribution >= 0.6 is 0 Å². The Balaban J connectivity index is 2.13. The summed E-state index contributed by atoms with van der Waals surface area (Å²) < 4.78 is 0. The van der Waals surface area contributed by atoms with E-state index in [1.165, 1.54) is 5.56 Å². The molecule has 0 saturated heterocycles. The molecule has 1 aliphatic rings. The number of carboxylic acid groups (broad SMARTS) is 1. The first kappa shape index (κ1) is 12.6. The van der Waals surface area contributed by atoms with E-state index in [0.29, 0.717) is 25.9 Å². The summed E-state index contributed by atoms with van der Waals surface area (Å²) in [6.07, 6.45) is 1.75. The second kappa shape index (κ2) is 5.65. The number of fused-ring (bicyclic) bond motifs is 1. The number of benzene rings is 1. The molecule has 0 aliphatic carbocycles. The molecule has 94 valence electrons. The standard InChI is InChI=1S/C14H16N2O2/c15-7-3-4-8-16-10-12-6-2-1-5-11(12)9-13(16)14(17)18/h1-2,5-6,13H,3-4,8-10H2,(H,17,18)/t13-/m0/s1. The number of carboxylic acids is 1. The number of hydrogen-bond donors (Lipinski definition) is 1. The van der Waals surface area contributed by atoms with Crippen molar-refractivity contribution < 1.29 is 9.90 Å². The Kier molecular flexibility index (Phi) is 3.96. The van der Waals surface area contributed by atoms with Gasteiger partial charge in [-0.05, 0) is 24.0 Å². The second-order valence-electron chi connectivity index (χ2n) is 4.56. The fraction of sp³-hybridized carbons (Fsp3) is 0.429. The van der Waals surface area contributed by atoms with Gasteiger partial charge in [0.15, 0.2) is 0 Å². The number of rotatable bonds is 4. The Morgan fingerprint density at radius 3 is 2.83 bits per heavy atom. The van der Waals surface area contributed by atoms with Crippen LogP contribution < -0.4 is 0 Å². The molecule has 0 bridgehead atoms. The summed E-state index contributed by atoms with van der Waals surface area (Å²) in [5, 5.41) is 17.8. The first-order valence-corrected chi connectivity index (χ1v) is 6.13. The maximum absolute atomic E-state index is 11.3. The highest BCUT2D eigenvalue weighted by Crippen LogP contribution is 2.23. The van der Waals surface area contributed by atoms with Crippen LogP contribution in [-0.2, 0) is 17.8 Å². The number of unbranched alkanes of at least 4 members (excludes halogenated alkanes) is 1. The summed E-state index contributed by atoms with van der Waals surface area (Å²) in [4.78, 5) is 13.3. The summed E-state index contributed by atoms with van der Waals surface area (Å²) in [5.74, 6) is -0.776. The minimum absolute atomic E-state index is 0.460. The van der Waals surface area contributed by atoms with Crippen LogP contribution in [0.2, 0.25) is 0 Å². The molecular weight excluding hydrogens is 228 g/mol. The Morgan fingerprint density at radius 2 is 2.17 bits per heavy atom. The predicted octanol–water partition coefficient (Wildman–Crippen LogP) is 1.80. The van der Waals surface area contributed by atoms with Crippen molar-refractivity contribution >= 4 is 5.97 Å². The molecule has 1 heterocycles. The van der Waals surface area contributed by atoms with E-state index in [9.17, 15) is 9.90 Å². The number of nitrogens with zero attached hydrogens (tertiary/aromatic N) is 2. The van der Waals surface area contributed by atoms with Crippen LogP contribution in [0.1, 0.15) is 24.0 Å². The smallest absolute Gasteiger partial charge is 0.321 e. The minimum Gasteiger partial charge on any atom is -0.480 e. The lowest BCUT2D eigenvalue weighted by Crippen LogP contribution is -2.45. The Bertz CT molecular complexity index is 479. The van der Waals surface area contributed by atoms with E-state index in [4.69, 9.17) is 5.26 Å². The zero-order valence-electron chi connectivity index (χ0n) is 10.2. The lowest BCUT2D eigenvalue weighted by atomic mass is 9.94. The van der Waals surface area contributed by atoms with Crippen molar-refractivity contribution in [2.24, 2.45) is 0 Å². The van der Waals surface area contributed by atoms with Gasteiger partial charge in [-0.1, -0.05) is 24.3 Å². The molecule has 0 spiro atoms. The van der Waals surface area contributed by atoms with E-state index in [0.717, 1.165) is 12.0 Å². The average Bonchev–Trinajstić information content (AvgIpc) is 2.38. The molecule has 0 saturated carbocycles. The van der Waals surface area contributed by atoms with Crippen LogP contribution in [0, 0.1) is 11.3 Å². The SMILES string of the molecule is N#CCCCN1Cc2ccccc2C[C@H]1C(=O)O. The lowest BCUT2D eigenvalue weighted by molar-refractivity contribution is -0.144. The van der Waals surface area contributed by atoms with E-state index in [1.807, 2.05) is 29.2 Å². The average molecular weight is 244 g/mol. The summed E-state index contributed by atoms with van der Waals surface area (Å²) in [6, 6.07) is 9.61. The van der Waals surface area contributed by atoms with Gasteiger partial charge < -0.3 is 5.11 Å². The second-order valence-corrected chi connectivity index (χ2v) is 4.56. The van der Waals surface area contributed by atoms with E-state index in [1.54, 1.807) is 0 Å².